The van der Waals surface area contributed by atoms with Gasteiger partial charge in [-0.2, -0.15) is 0 Å². The second kappa shape index (κ2) is 10.8. The zero-order valence-electron chi connectivity index (χ0n) is 11.0. The van der Waals surface area contributed by atoms with Crippen molar-refractivity contribution in [3.63, 3.8) is 0 Å². The minimum absolute atomic E-state index is 0.0514. The number of esters is 1. The van der Waals surface area contributed by atoms with Crippen molar-refractivity contribution in [1.29, 1.82) is 0 Å². The number of carbonyl (C=O) groups is 3. The Morgan fingerprint density at radius 3 is 2.00 bits per heavy atom. The van der Waals surface area contributed by atoms with E-state index in [2.05, 4.69) is 17.9 Å². The molecule has 0 aliphatic carbocycles. The Balaban J connectivity index is 0. The van der Waals surface area contributed by atoms with Crippen LogP contribution in [0.3, 0.4) is 0 Å². The molecule has 0 rings (SSSR count). The molecular weight excluding hydrogens is 252 g/mol. The number of hydrogen-bond donors (Lipinski definition) is 2. The molecule has 0 bridgehead atoms. The third kappa shape index (κ3) is 11.9. The summed E-state index contributed by atoms with van der Waals surface area (Å²) in [6.07, 6.45) is 2.76. The van der Waals surface area contributed by atoms with Crippen LogP contribution in [-0.2, 0) is 19.1 Å². The molecule has 0 aromatic heterocycles. The maximum atomic E-state index is 10.6. The van der Waals surface area contributed by atoms with E-state index in [9.17, 15) is 14.4 Å². The lowest BCUT2D eigenvalue weighted by molar-refractivity contribution is -0.137. The third-order valence-corrected chi connectivity index (χ3v) is 1.86. The Morgan fingerprint density at radius 1 is 1.21 bits per heavy atom. The van der Waals surface area contributed by atoms with Crippen molar-refractivity contribution in [3.05, 3.63) is 36.6 Å². The maximum absolute atomic E-state index is 10.6. The first-order chi connectivity index (χ1) is 8.76. The first-order valence-electron chi connectivity index (χ1n) is 5.37. The molecule has 0 amide bonds. The van der Waals surface area contributed by atoms with Crippen molar-refractivity contribution in [1.82, 2.24) is 0 Å². The van der Waals surface area contributed by atoms with Crippen molar-refractivity contribution >= 4 is 17.9 Å². The first kappa shape index (κ1) is 19.0. The summed E-state index contributed by atoms with van der Waals surface area (Å²) in [5, 5.41) is 16.5. The molecular formula is C13H18O6. The summed E-state index contributed by atoms with van der Waals surface area (Å²) < 4.78 is 4.36. The summed E-state index contributed by atoms with van der Waals surface area (Å²) in [4.78, 5) is 30.7. The van der Waals surface area contributed by atoms with Crippen molar-refractivity contribution < 1.29 is 29.3 Å². The zero-order chi connectivity index (χ0) is 15.4. The van der Waals surface area contributed by atoms with Gasteiger partial charge in [0.15, 0.2) is 0 Å². The van der Waals surface area contributed by atoms with Crippen LogP contribution in [-0.4, -0.2) is 28.1 Å². The number of ether oxygens (including phenoxy) is 1. The smallest absolute Gasteiger partial charge is 0.330 e. The predicted octanol–water partition coefficient (Wildman–Crippen LogP) is 2.13. The van der Waals surface area contributed by atoms with E-state index in [-0.39, 0.29) is 17.6 Å². The lowest BCUT2D eigenvalue weighted by Crippen LogP contribution is -2.00. The van der Waals surface area contributed by atoms with Crippen molar-refractivity contribution in [3.8, 4) is 0 Å². The largest absolute Gasteiger partial charge is 0.478 e. The van der Waals surface area contributed by atoms with Gasteiger partial charge in [-0.3, -0.25) is 4.79 Å². The van der Waals surface area contributed by atoms with Crippen LogP contribution in [0.1, 0.15) is 26.7 Å². The molecule has 0 unspecified atom stereocenters. The highest BCUT2D eigenvalue weighted by Crippen LogP contribution is 1.96. The molecule has 0 saturated heterocycles. The van der Waals surface area contributed by atoms with Crippen LogP contribution in [0.4, 0.5) is 0 Å². The van der Waals surface area contributed by atoms with Crippen molar-refractivity contribution in [2.75, 3.05) is 0 Å². The van der Waals surface area contributed by atoms with E-state index in [0.29, 0.717) is 6.42 Å². The molecule has 0 heterocycles. The second-order valence-electron chi connectivity index (χ2n) is 3.32. The number of carbonyl (C=O) groups excluding carboxylic acids is 1. The summed E-state index contributed by atoms with van der Waals surface area (Å²) in [7, 11) is 0. The molecule has 0 aromatic rings. The molecule has 6 nitrogen and oxygen atoms in total. The van der Waals surface area contributed by atoms with Gasteiger partial charge in [-0.05, 0) is 13.3 Å². The van der Waals surface area contributed by atoms with Gasteiger partial charge in [-0.1, -0.05) is 26.2 Å². The van der Waals surface area contributed by atoms with Crippen molar-refractivity contribution in [2.45, 2.75) is 26.7 Å². The molecule has 19 heavy (non-hydrogen) atoms. The standard InChI is InChI=1S/C8H10O4.C5H8O2/c1-3-12-7(9)5-4-6(2)8(10)11;1-3-4(2)5(6)7/h3-4H,1,5H2,2H3,(H,10,11);2-3H2,1H3,(H,6,7). The Bertz CT molecular complexity index is 392. The predicted molar refractivity (Wildman–Crippen MR) is 69.4 cm³/mol. The van der Waals surface area contributed by atoms with Crippen LogP contribution >= 0.6 is 0 Å². The summed E-state index contributed by atoms with van der Waals surface area (Å²) in [5.41, 5.74) is 0.385. The lowest BCUT2D eigenvalue weighted by atomic mass is 10.2. The highest BCUT2D eigenvalue weighted by atomic mass is 16.5. The molecule has 0 aliphatic heterocycles. The molecule has 0 atom stereocenters. The van der Waals surface area contributed by atoms with Crippen LogP contribution in [0, 0.1) is 0 Å². The van der Waals surface area contributed by atoms with Gasteiger partial charge in [0, 0.05) is 11.1 Å². The van der Waals surface area contributed by atoms with Gasteiger partial charge in [-0.25, -0.2) is 9.59 Å². The molecule has 0 fully saturated rings. The monoisotopic (exact) mass is 270 g/mol. The molecule has 106 valence electrons. The number of aliphatic carboxylic acids is 2. The van der Waals surface area contributed by atoms with Crippen molar-refractivity contribution in [2.24, 2.45) is 0 Å². The van der Waals surface area contributed by atoms with Crippen LogP contribution in [0.15, 0.2) is 36.6 Å². The van der Waals surface area contributed by atoms with Gasteiger partial charge in [-0.15, -0.1) is 0 Å². The lowest BCUT2D eigenvalue weighted by Gasteiger charge is -1.94. The molecule has 6 heteroatoms. The minimum Gasteiger partial charge on any atom is -0.478 e. The Hall–Kier alpha value is -2.37. The summed E-state index contributed by atoms with van der Waals surface area (Å²) in [5.74, 6) is -2.46. The Labute approximate surface area is 111 Å². The average Bonchev–Trinajstić information content (AvgIpc) is 2.35. The topological polar surface area (TPSA) is 101 Å². The van der Waals surface area contributed by atoms with E-state index in [1.54, 1.807) is 6.92 Å². The zero-order valence-corrected chi connectivity index (χ0v) is 11.0. The SMILES string of the molecule is C=C(CC)C(=O)O.C=COC(=O)CC=C(C)C(=O)O. The third-order valence-electron chi connectivity index (χ3n) is 1.86. The average molecular weight is 270 g/mol. The van der Waals surface area contributed by atoms with E-state index < -0.39 is 17.9 Å². The molecule has 0 spiro atoms. The summed E-state index contributed by atoms with van der Waals surface area (Å²) in [6, 6.07) is 0. The van der Waals surface area contributed by atoms with Gasteiger partial charge in [0.25, 0.3) is 0 Å². The molecule has 0 saturated carbocycles. The Kier molecular flexibility index (Phi) is 10.8. The fourth-order valence-corrected chi connectivity index (χ4v) is 0.616. The Morgan fingerprint density at radius 2 is 1.74 bits per heavy atom. The van der Waals surface area contributed by atoms with Crippen LogP contribution < -0.4 is 0 Å². The van der Waals surface area contributed by atoms with E-state index in [4.69, 9.17) is 10.2 Å². The van der Waals surface area contributed by atoms with Gasteiger partial charge in [0.05, 0.1) is 12.7 Å². The molecule has 0 aliphatic rings. The molecule has 0 radical (unpaired) electrons. The van der Waals surface area contributed by atoms with Gasteiger partial charge >= 0.3 is 17.9 Å². The van der Waals surface area contributed by atoms with Gasteiger partial charge in [0.1, 0.15) is 0 Å². The fourth-order valence-electron chi connectivity index (χ4n) is 0.616. The summed E-state index contributed by atoms with van der Waals surface area (Å²) in [6.45, 7) is 9.62. The van der Waals surface area contributed by atoms with Gasteiger partial charge < -0.3 is 14.9 Å². The number of carboxylic acids is 2. The van der Waals surface area contributed by atoms with Crippen LogP contribution in [0.5, 0.6) is 0 Å². The number of rotatable bonds is 6. The first-order valence-corrected chi connectivity index (χ1v) is 5.37. The van der Waals surface area contributed by atoms with Crippen LogP contribution in [0.2, 0.25) is 0 Å². The summed E-state index contributed by atoms with van der Waals surface area (Å²) >= 11 is 0. The minimum atomic E-state index is -1.04. The quantitative estimate of drug-likeness (QED) is 0.435. The normalized spacial score (nSPS) is 9.68. The van der Waals surface area contributed by atoms with Crippen LogP contribution in [0.25, 0.3) is 0 Å². The molecule has 0 aromatic carbocycles. The number of carboxylic acid groups (broad SMARTS) is 2. The fraction of sp³-hybridized carbons (Fsp3) is 0.308. The van der Waals surface area contributed by atoms with E-state index >= 15 is 0 Å². The maximum Gasteiger partial charge on any atom is 0.330 e. The molecule has 2 N–H and O–H groups in total. The highest BCUT2D eigenvalue weighted by Gasteiger charge is 2.02. The van der Waals surface area contributed by atoms with E-state index in [1.807, 2.05) is 0 Å². The number of hydrogen-bond acceptors (Lipinski definition) is 4. The van der Waals surface area contributed by atoms with Gasteiger partial charge in [0.2, 0.25) is 0 Å². The highest BCUT2D eigenvalue weighted by molar-refractivity contribution is 5.87. The second-order valence-corrected chi connectivity index (χ2v) is 3.32. The van der Waals surface area contributed by atoms with E-state index in [0.717, 1.165) is 6.26 Å². The van der Waals surface area contributed by atoms with E-state index in [1.165, 1.54) is 13.0 Å².